The average Bonchev–Trinajstić information content (AvgIpc) is 2.43. The number of hydrogen-bond donors (Lipinski definition) is 1. The maximum atomic E-state index is 13.7. The van der Waals surface area contributed by atoms with Gasteiger partial charge >= 0.3 is 0 Å². The van der Waals surface area contributed by atoms with Crippen LogP contribution < -0.4 is 10.1 Å². The maximum Gasteiger partial charge on any atom is 0.164 e. The minimum absolute atomic E-state index is 0.284. The van der Waals surface area contributed by atoms with Gasteiger partial charge < -0.3 is 10.1 Å². The van der Waals surface area contributed by atoms with E-state index in [0.717, 1.165) is 16.2 Å². The van der Waals surface area contributed by atoms with Gasteiger partial charge in [0, 0.05) is 17.3 Å². The summed E-state index contributed by atoms with van der Waals surface area (Å²) in [7, 11) is 1.57. The second kappa shape index (κ2) is 6.22. The van der Waals surface area contributed by atoms with Gasteiger partial charge in [-0.3, -0.25) is 0 Å². The monoisotopic (exact) mass is 341 g/mol. The Morgan fingerprint density at radius 2 is 1.95 bits per heavy atom. The van der Waals surface area contributed by atoms with Crippen molar-refractivity contribution in [3.05, 3.63) is 58.1 Å². The summed E-state index contributed by atoms with van der Waals surface area (Å²) in [6.45, 7) is 1.77. The summed E-state index contributed by atoms with van der Waals surface area (Å²) in [5, 5.41) is 3.12. The third kappa shape index (κ3) is 3.10. The lowest BCUT2D eigenvalue weighted by Crippen LogP contribution is -2.09. The van der Waals surface area contributed by atoms with Crippen LogP contribution in [0.15, 0.2) is 40.9 Å². The SMILES string of the molecule is COc1cc(NC(C)c2cccc(F)c2F)ccc1Br. The quantitative estimate of drug-likeness (QED) is 0.853. The van der Waals surface area contributed by atoms with Crippen molar-refractivity contribution < 1.29 is 13.5 Å². The molecule has 0 aliphatic rings. The summed E-state index contributed by atoms with van der Waals surface area (Å²) < 4.78 is 33.0. The number of benzene rings is 2. The van der Waals surface area contributed by atoms with Crippen molar-refractivity contribution in [1.29, 1.82) is 0 Å². The Bertz CT molecular complexity index is 619. The highest BCUT2D eigenvalue weighted by Gasteiger charge is 2.14. The number of nitrogens with one attached hydrogen (secondary N) is 1. The molecule has 2 aromatic carbocycles. The van der Waals surface area contributed by atoms with E-state index >= 15 is 0 Å². The van der Waals surface area contributed by atoms with Gasteiger partial charge in [-0.1, -0.05) is 12.1 Å². The van der Waals surface area contributed by atoms with Gasteiger partial charge in [0.2, 0.25) is 0 Å². The summed E-state index contributed by atoms with van der Waals surface area (Å²) >= 11 is 3.36. The van der Waals surface area contributed by atoms with Crippen LogP contribution in [0.4, 0.5) is 14.5 Å². The summed E-state index contributed by atoms with van der Waals surface area (Å²) in [4.78, 5) is 0. The molecule has 0 saturated heterocycles. The van der Waals surface area contributed by atoms with Crippen molar-refractivity contribution >= 4 is 21.6 Å². The molecule has 0 saturated carbocycles. The zero-order valence-electron chi connectivity index (χ0n) is 11.1. The Labute approximate surface area is 124 Å². The number of methoxy groups -OCH3 is 1. The van der Waals surface area contributed by atoms with Crippen LogP contribution in [0.5, 0.6) is 5.75 Å². The normalized spacial score (nSPS) is 12.1. The Morgan fingerprint density at radius 1 is 1.20 bits per heavy atom. The molecule has 1 N–H and O–H groups in total. The Kier molecular flexibility index (Phi) is 4.60. The van der Waals surface area contributed by atoms with Crippen LogP contribution in [0.3, 0.4) is 0 Å². The first-order chi connectivity index (χ1) is 9.52. The zero-order chi connectivity index (χ0) is 14.7. The average molecular weight is 342 g/mol. The second-order valence-electron chi connectivity index (χ2n) is 4.36. The molecule has 1 unspecified atom stereocenters. The van der Waals surface area contributed by atoms with Gasteiger partial charge in [-0.2, -0.15) is 0 Å². The highest BCUT2D eigenvalue weighted by atomic mass is 79.9. The van der Waals surface area contributed by atoms with E-state index in [-0.39, 0.29) is 11.6 Å². The molecule has 0 amide bonds. The molecule has 1 atom stereocenters. The van der Waals surface area contributed by atoms with E-state index < -0.39 is 11.6 Å². The van der Waals surface area contributed by atoms with E-state index in [1.807, 2.05) is 12.1 Å². The minimum Gasteiger partial charge on any atom is -0.495 e. The molecule has 0 radical (unpaired) electrons. The third-order valence-electron chi connectivity index (χ3n) is 2.98. The first-order valence-corrected chi connectivity index (χ1v) is 6.86. The molecular formula is C15H14BrF2NO. The van der Waals surface area contributed by atoms with E-state index in [9.17, 15) is 8.78 Å². The lowest BCUT2D eigenvalue weighted by atomic mass is 10.1. The van der Waals surface area contributed by atoms with Gasteiger partial charge in [0.05, 0.1) is 17.6 Å². The first-order valence-electron chi connectivity index (χ1n) is 6.07. The first kappa shape index (κ1) is 14.8. The van der Waals surface area contributed by atoms with Crippen LogP contribution in [0, 0.1) is 11.6 Å². The highest BCUT2D eigenvalue weighted by molar-refractivity contribution is 9.10. The molecule has 0 bridgehead atoms. The van der Waals surface area contributed by atoms with Crippen LogP contribution in [0.25, 0.3) is 0 Å². The summed E-state index contributed by atoms with van der Waals surface area (Å²) in [6, 6.07) is 9.25. The molecule has 0 spiro atoms. The Morgan fingerprint density at radius 3 is 2.65 bits per heavy atom. The lowest BCUT2D eigenvalue weighted by molar-refractivity contribution is 0.412. The predicted molar refractivity (Wildman–Crippen MR) is 79.1 cm³/mol. The molecule has 106 valence electrons. The van der Waals surface area contributed by atoms with Crippen LogP contribution >= 0.6 is 15.9 Å². The number of anilines is 1. The van der Waals surface area contributed by atoms with Crippen molar-refractivity contribution in [2.75, 3.05) is 12.4 Å². The smallest absolute Gasteiger partial charge is 0.164 e. The Hall–Kier alpha value is -1.62. The summed E-state index contributed by atoms with van der Waals surface area (Å²) in [5.41, 5.74) is 1.05. The number of halogens is 3. The van der Waals surface area contributed by atoms with Gasteiger partial charge in [0.1, 0.15) is 5.75 Å². The van der Waals surface area contributed by atoms with Crippen LogP contribution in [0.2, 0.25) is 0 Å². The maximum absolute atomic E-state index is 13.7. The zero-order valence-corrected chi connectivity index (χ0v) is 12.7. The van der Waals surface area contributed by atoms with Crippen LogP contribution in [-0.2, 0) is 0 Å². The van der Waals surface area contributed by atoms with Crippen molar-refractivity contribution in [3.63, 3.8) is 0 Å². The molecular weight excluding hydrogens is 328 g/mol. The molecule has 20 heavy (non-hydrogen) atoms. The molecule has 0 aliphatic carbocycles. The molecule has 0 aromatic heterocycles. The Balaban J connectivity index is 2.23. The number of rotatable bonds is 4. The fraction of sp³-hybridized carbons (Fsp3) is 0.200. The molecule has 5 heteroatoms. The topological polar surface area (TPSA) is 21.3 Å². The van der Waals surface area contributed by atoms with E-state index in [0.29, 0.717) is 5.75 Å². The van der Waals surface area contributed by atoms with Crippen molar-refractivity contribution in [2.45, 2.75) is 13.0 Å². The van der Waals surface area contributed by atoms with Crippen LogP contribution in [0.1, 0.15) is 18.5 Å². The van der Waals surface area contributed by atoms with Crippen molar-refractivity contribution in [1.82, 2.24) is 0 Å². The van der Waals surface area contributed by atoms with Crippen LogP contribution in [-0.4, -0.2) is 7.11 Å². The lowest BCUT2D eigenvalue weighted by Gasteiger charge is -2.17. The second-order valence-corrected chi connectivity index (χ2v) is 5.21. The van der Waals surface area contributed by atoms with Crippen molar-refractivity contribution in [3.8, 4) is 5.75 Å². The predicted octanol–water partition coefficient (Wildman–Crippen LogP) is 4.91. The number of hydrogen-bond acceptors (Lipinski definition) is 2. The van der Waals surface area contributed by atoms with Gasteiger partial charge in [0.25, 0.3) is 0 Å². The largest absolute Gasteiger partial charge is 0.495 e. The van der Waals surface area contributed by atoms with E-state index in [1.54, 1.807) is 26.2 Å². The fourth-order valence-corrected chi connectivity index (χ4v) is 2.34. The molecule has 0 heterocycles. The number of ether oxygens (including phenoxy) is 1. The summed E-state index contributed by atoms with van der Waals surface area (Å²) in [5.74, 6) is -0.997. The molecule has 0 aliphatic heterocycles. The fourth-order valence-electron chi connectivity index (χ4n) is 1.93. The van der Waals surface area contributed by atoms with Gasteiger partial charge in [-0.15, -0.1) is 0 Å². The minimum atomic E-state index is -0.843. The van der Waals surface area contributed by atoms with E-state index in [4.69, 9.17) is 4.74 Å². The highest BCUT2D eigenvalue weighted by Crippen LogP contribution is 2.30. The third-order valence-corrected chi connectivity index (χ3v) is 3.64. The van der Waals surface area contributed by atoms with Gasteiger partial charge in [-0.25, -0.2) is 8.78 Å². The van der Waals surface area contributed by atoms with E-state index in [2.05, 4.69) is 21.2 Å². The standard InChI is InChI=1S/C15H14BrF2NO/c1-9(11-4-3-5-13(17)15(11)18)19-10-6-7-12(16)14(8-10)20-2/h3-9,19H,1-2H3. The van der Waals surface area contributed by atoms with Crippen molar-refractivity contribution in [2.24, 2.45) is 0 Å². The molecule has 0 fully saturated rings. The van der Waals surface area contributed by atoms with E-state index in [1.165, 1.54) is 6.07 Å². The van der Waals surface area contributed by atoms with Gasteiger partial charge in [0.15, 0.2) is 11.6 Å². The molecule has 2 aromatic rings. The summed E-state index contributed by atoms with van der Waals surface area (Å²) in [6.07, 6.45) is 0. The molecule has 2 rings (SSSR count). The molecule has 2 nitrogen and oxygen atoms in total. The van der Waals surface area contributed by atoms with Gasteiger partial charge in [-0.05, 0) is 41.1 Å².